The van der Waals surface area contributed by atoms with E-state index in [4.69, 9.17) is 4.74 Å². The summed E-state index contributed by atoms with van der Waals surface area (Å²) in [5.74, 6) is -0.213. The zero-order valence-electron chi connectivity index (χ0n) is 16.4. The van der Waals surface area contributed by atoms with Crippen molar-refractivity contribution < 1.29 is 19.1 Å². The molecule has 1 fully saturated rings. The van der Waals surface area contributed by atoms with E-state index in [9.17, 15) is 14.4 Å². The third kappa shape index (κ3) is 3.85. The van der Waals surface area contributed by atoms with Gasteiger partial charge in [0.25, 0.3) is 5.91 Å². The first-order valence-corrected chi connectivity index (χ1v) is 9.15. The van der Waals surface area contributed by atoms with Gasteiger partial charge in [-0.15, -0.1) is 6.58 Å². The Hall–Kier alpha value is -3.61. The van der Waals surface area contributed by atoms with Crippen molar-refractivity contribution in [1.82, 2.24) is 10.2 Å². The van der Waals surface area contributed by atoms with Crippen molar-refractivity contribution in [3.63, 3.8) is 0 Å². The van der Waals surface area contributed by atoms with Crippen molar-refractivity contribution in [2.75, 3.05) is 25.1 Å². The Morgan fingerprint density at radius 1 is 1.17 bits per heavy atom. The second kappa shape index (κ2) is 8.18. The van der Waals surface area contributed by atoms with Crippen LogP contribution in [-0.4, -0.2) is 42.9 Å². The van der Waals surface area contributed by atoms with Crippen LogP contribution in [0.25, 0.3) is 0 Å². The van der Waals surface area contributed by atoms with E-state index < -0.39 is 17.5 Å². The molecule has 1 aliphatic rings. The zero-order chi connectivity index (χ0) is 21.0. The van der Waals surface area contributed by atoms with Gasteiger partial charge in [0.15, 0.2) is 0 Å². The van der Waals surface area contributed by atoms with Gasteiger partial charge in [0, 0.05) is 12.2 Å². The zero-order valence-corrected chi connectivity index (χ0v) is 16.4. The van der Waals surface area contributed by atoms with Gasteiger partial charge in [-0.2, -0.15) is 0 Å². The Balaban J connectivity index is 1.81. The summed E-state index contributed by atoms with van der Waals surface area (Å²) in [5.41, 5.74) is 0.0274. The van der Waals surface area contributed by atoms with Gasteiger partial charge in [0.1, 0.15) is 17.8 Å². The minimum atomic E-state index is -1.25. The van der Waals surface area contributed by atoms with Gasteiger partial charge in [-0.25, -0.2) is 4.79 Å². The molecule has 0 unspecified atom stereocenters. The monoisotopic (exact) mass is 393 g/mol. The summed E-state index contributed by atoms with van der Waals surface area (Å²) < 4.78 is 5.14. The first-order chi connectivity index (χ1) is 13.9. The minimum absolute atomic E-state index is 0.266. The maximum atomic E-state index is 13.1. The number of rotatable bonds is 7. The average molecular weight is 393 g/mol. The number of benzene rings is 2. The van der Waals surface area contributed by atoms with E-state index in [1.807, 2.05) is 18.2 Å². The van der Waals surface area contributed by atoms with Crippen LogP contribution in [0.5, 0.6) is 5.75 Å². The molecule has 150 valence electrons. The number of ether oxygens (including phenoxy) is 1. The number of hydrogen-bond acceptors (Lipinski definition) is 4. The van der Waals surface area contributed by atoms with Crippen molar-refractivity contribution in [3.05, 3.63) is 72.8 Å². The van der Waals surface area contributed by atoms with Crippen LogP contribution in [0.3, 0.4) is 0 Å². The van der Waals surface area contributed by atoms with Crippen molar-refractivity contribution in [1.29, 1.82) is 0 Å². The highest BCUT2D eigenvalue weighted by molar-refractivity contribution is 6.10. The van der Waals surface area contributed by atoms with E-state index in [0.29, 0.717) is 17.0 Å². The Kier molecular flexibility index (Phi) is 5.68. The number of carbonyl (C=O) groups is 3. The molecular formula is C22H23N3O4. The summed E-state index contributed by atoms with van der Waals surface area (Å²) in [6.45, 7) is 5.21. The number of urea groups is 1. The van der Waals surface area contributed by atoms with Gasteiger partial charge in [0.05, 0.1) is 7.11 Å². The quantitative estimate of drug-likeness (QED) is 0.579. The summed E-state index contributed by atoms with van der Waals surface area (Å²) in [7, 11) is 1.55. The number of imide groups is 1. The molecule has 0 aromatic heterocycles. The lowest BCUT2D eigenvalue weighted by Gasteiger charge is -2.25. The van der Waals surface area contributed by atoms with Crippen LogP contribution in [0.4, 0.5) is 10.5 Å². The molecule has 1 aliphatic heterocycles. The van der Waals surface area contributed by atoms with Gasteiger partial charge in [-0.1, -0.05) is 36.4 Å². The molecule has 1 saturated heterocycles. The minimum Gasteiger partial charge on any atom is -0.497 e. The SMILES string of the molecule is C=CCN(C(=O)CN1C(=O)N[C@](C)(c2ccc(OC)cc2)C1=O)c1ccccc1. The normalized spacial score (nSPS) is 18.3. The fourth-order valence-corrected chi connectivity index (χ4v) is 3.27. The van der Waals surface area contributed by atoms with Crippen molar-refractivity contribution in [3.8, 4) is 5.75 Å². The number of carbonyl (C=O) groups excluding carboxylic acids is 3. The maximum Gasteiger partial charge on any atom is 0.325 e. The van der Waals surface area contributed by atoms with E-state index >= 15 is 0 Å². The molecular weight excluding hydrogens is 370 g/mol. The molecule has 0 aliphatic carbocycles. The highest BCUT2D eigenvalue weighted by atomic mass is 16.5. The van der Waals surface area contributed by atoms with Crippen molar-refractivity contribution >= 4 is 23.5 Å². The molecule has 0 saturated carbocycles. The Bertz CT molecular complexity index is 927. The molecule has 0 spiro atoms. The summed E-state index contributed by atoms with van der Waals surface area (Å²) in [6.07, 6.45) is 1.60. The summed E-state index contributed by atoms with van der Waals surface area (Å²) in [4.78, 5) is 40.9. The molecule has 1 atom stereocenters. The topological polar surface area (TPSA) is 79.0 Å². The maximum absolute atomic E-state index is 13.1. The van der Waals surface area contributed by atoms with Gasteiger partial charge >= 0.3 is 6.03 Å². The van der Waals surface area contributed by atoms with E-state index in [-0.39, 0.29) is 19.0 Å². The highest BCUT2D eigenvalue weighted by Crippen LogP contribution is 2.30. The lowest BCUT2D eigenvalue weighted by Crippen LogP contribution is -2.44. The first-order valence-electron chi connectivity index (χ1n) is 9.15. The molecule has 29 heavy (non-hydrogen) atoms. The molecule has 2 aromatic carbocycles. The van der Waals surface area contributed by atoms with E-state index in [1.165, 1.54) is 4.90 Å². The van der Waals surface area contributed by atoms with Crippen molar-refractivity contribution in [2.24, 2.45) is 0 Å². The number of nitrogens with one attached hydrogen (secondary N) is 1. The second-order valence-corrected chi connectivity index (χ2v) is 6.80. The van der Waals surface area contributed by atoms with Crippen LogP contribution in [0.1, 0.15) is 12.5 Å². The molecule has 1 heterocycles. The molecule has 0 bridgehead atoms. The van der Waals surface area contributed by atoms with Gasteiger partial charge in [-0.3, -0.25) is 14.5 Å². The Morgan fingerprint density at radius 2 is 1.83 bits per heavy atom. The number of para-hydroxylation sites is 1. The number of hydrogen-bond donors (Lipinski definition) is 1. The first kappa shape index (κ1) is 20.1. The Labute approximate surface area is 169 Å². The third-order valence-corrected chi connectivity index (χ3v) is 4.92. The second-order valence-electron chi connectivity index (χ2n) is 6.80. The smallest absolute Gasteiger partial charge is 0.325 e. The third-order valence-electron chi connectivity index (χ3n) is 4.92. The number of nitrogens with zero attached hydrogens (tertiary/aromatic N) is 2. The average Bonchev–Trinajstić information content (AvgIpc) is 2.96. The molecule has 4 amide bonds. The fourth-order valence-electron chi connectivity index (χ4n) is 3.27. The molecule has 2 aromatic rings. The molecule has 0 radical (unpaired) electrons. The van der Waals surface area contributed by atoms with Crippen LogP contribution < -0.4 is 15.0 Å². The van der Waals surface area contributed by atoms with E-state index in [2.05, 4.69) is 11.9 Å². The lowest BCUT2D eigenvalue weighted by molar-refractivity contribution is -0.134. The Morgan fingerprint density at radius 3 is 2.41 bits per heavy atom. The molecule has 3 rings (SSSR count). The molecule has 1 N–H and O–H groups in total. The molecule has 7 heteroatoms. The standard InChI is InChI=1S/C22H23N3O4/c1-4-14-24(17-8-6-5-7-9-17)19(26)15-25-20(27)22(2,23-21(25)28)16-10-12-18(29-3)13-11-16/h4-13H,1,14-15H2,2-3H3,(H,23,28)/t22-/m1/s1. The van der Waals surface area contributed by atoms with E-state index in [0.717, 1.165) is 4.90 Å². The van der Waals surface area contributed by atoms with Crippen LogP contribution >= 0.6 is 0 Å². The van der Waals surface area contributed by atoms with Gasteiger partial charge in [-0.05, 0) is 36.8 Å². The van der Waals surface area contributed by atoms with Gasteiger partial charge in [0.2, 0.25) is 5.91 Å². The number of amides is 4. The fraction of sp³-hybridized carbons (Fsp3) is 0.227. The molecule has 7 nitrogen and oxygen atoms in total. The van der Waals surface area contributed by atoms with Crippen LogP contribution in [0, 0.1) is 0 Å². The van der Waals surface area contributed by atoms with E-state index in [1.54, 1.807) is 56.5 Å². The summed E-state index contributed by atoms with van der Waals surface area (Å²) >= 11 is 0. The number of anilines is 1. The van der Waals surface area contributed by atoms with Crippen LogP contribution in [0.2, 0.25) is 0 Å². The van der Waals surface area contributed by atoms with Crippen LogP contribution in [0.15, 0.2) is 67.3 Å². The largest absolute Gasteiger partial charge is 0.497 e. The van der Waals surface area contributed by atoms with Crippen molar-refractivity contribution in [2.45, 2.75) is 12.5 Å². The van der Waals surface area contributed by atoms with Crippen LogP contribution in [-0.2, 0) is 15.1 Å². The summed E-state index contributed by atoms with van der Waals surface area (Å²) in [5, 5.41) is 2.71. The highest BCUT2D eigenvalue weighted by Gasteiger charge is 2.49. The lowest BCUT2D eigenvalue weighted by atomic mass is 9.92. The predicted octanol–water partition coefficient (Wildman–Crippen LogP) is 2.68. The van der Waals surface area contributed by atoms with Gasteiger partial charge < -0.3 is 15.0 Å². The predicted molar refractivity (Wildman–Crippen MR) is 110 cm³/mol. The summed E-state index contributed by atoms with van der Waals surface area (Å²) in [6, 6.07) is 15.3. The number of methoxy groups -OCH3 is 1.